The van der Waals surface area contributed by atoms with Crippen molar-refractivity contribution < 1.29 is 9.84 Å². The molecule has 3 N–H and O–H groups in total. The first kappa shape index (κ1) is 17.5. The van der Waals surface area contributed by atoms with Gasteiger partial charge in [-0.2, -0.15) is 0 Å². The van der Waals surface area contributed by atoms with Gasteiger partial charge in [0.2, 0.25) is 5.88 Å². The molecule has 2 aromatic carbocycles. The summed E-state index contributed by atoms with van der Waals surface area (Å²) in [7, 11) is 0. The molecule has 0 aliphatic heterocycles. The number of unbranched alkanes of at least 4 members (excludes halogenated alkanes) is 1. The van der Waals surface area contributed by atoms with Crippen LogP contribution < -0.4 is 15.3 Å². The molecule has 0 aliphatic rings. The molecule has 0 radical (unpaired) electrons. The van der Waals surface area contributed by atoms with Crippen molar-refractivity contribution in [3.05, 3.63) is 57.5 Å². The van der Waals surface area contributed by atoms with Crippen molar-refractivity contribution in [2.24, 2.45) is 5.73 Å². The Morgan fingerprint density at radius 3 is 2.76 bits per heavy atom. The molecular weight excluding hydrogens is 336 g/mol. The topological polar surface area (TPSA) is 77.5 Å². The van der Waals surface area contributed by atoms with Gasteiger partial charge in [-0.3, -0.25) is 9.36 Å². The monoisotopic (exact) mass is 358 g/mol. The molecule has 6 heteroatoms. The summed E-state index contributed by atoms with van der Waals surface area (Å²) in [5, 5.41) is 13.3. The van der Waals surface area contributed by atoms with E-state index >= 15 is 0 Å². The lowest BCUT2D eigenvalue weighted by Gasteiger charge is -2.14. The van der Waals surface area contributed by atoms with Crippen molar-refractivity contribution in [2.45, 2.75) is 31.8 Å². The van der Waals surface area contributed by atoms with Crippen LogP contribution in [0.15, 0.2) is 52.6 Å². The number of thiazole rings is 1. The van der Waals surface area contributed by atoms with Gasteiger partial charge >= 0.3 is 4.87 Å². The molecule has 0 fully saturated rings. The molecule has 0 saturated heterocycles. The maximum Gasteiger partial charge on any atom is 0.309 e. The first-order chi connectivity index (χ1) is 12.1. The summed E-state index contributed by atoms with van der Waals surface area (Å²) in [6.45, 7) is 0.975. The predicted molar refractivity (Wildman–Crippen MR) is 102 cm³/mol. The minimum atomic E-state index is -0.124. The van der Waals surface area contributed by atoms with Crippen molar-refractivity contribution >= 4 is 22.1 Å². The Morgan fingerprint density at radius 1 is 1.16 bits per heavy atom. The van der Waals surface area contributed by atoms with Crippen molar-refractivity contribution in [3.63, 3.8) is 0 Å². The summed E-state index contributed by atoms with van der Waals surface area (Å²) in [5.41, 5.74) is 6.14. The largest absolute Gasteiger partial charge is 0.494 e. The molecule has 1 aromatic heterocycles. The van der Waals surface area contributed by atoms with E-state index < -0.39 is 0 Å². The Hall–Kier alpha value is -2.31. The Kier molecular flexibility index (Phi) is 5.73. The molecule has 132 valence electrons. The van der Waals surface area contributed by atoms with Gasteiger partial charge < -0.3 is 15.6 Å². The highest BCUT2D eigenvalue weighted by Gasteiger charge is 2.08. The lowest BCUT2D eigenvalue weighted by Crippen LogP contribution is -2.28. The van der Waals surface area contributed by atoms with Gasteiger partial charge in [0.1, 0.15) is 12.4 Å². The van der Waals surface area contributed by atoms with E-state index in [9.17, 15) is 9.90 Å². The van der Waals surface area contributed by atoms with E-state index in [1.165, 1.54) is 9.95 Å². The Bertz CT molecular complexity index is 882. The van der Waals surface area contributed by atoms with Crippen LogP contribution in [0.5, 0.6) is 11.6 Å². The van der Waals surface area contributed by atoms with Crippen LogP contribution in [0, 0.1) is 0 Å². The first-order valence-electron chi connectivity index (χ1n) is 8.38. The minimum Gasteiger partial charge on any atom is -0.494 e. The summed E-state index contributed by atoms with van der Waals surface area (Å²) in [4.78, 5) is 11.4. The zero-order chi connectivity index (χ0) is 17.6. The normalized spacial score (nSPS) is 12.4. The van der Waals surface area contributed by atoms with E-state index in [0.717, 1.165) is 47.1 Å². The quantitative estimate of drug-likeness (QED) is 0.606. The zero-order valence-corrected chi connectivity index (χ0v) is 14.7. The number of aromatic hydroxyl groups is 1. The maximum atomic E-state index is 11.5. The number of fused-ring (bicyclic) bond motifs is 1. The zero-order valence-electron chi connectivity index (χ0n) is 13.9. The molecule has 0 bridgehead atoms. The second kappa shape index (κ2) is 8.18. The van der Waals surface area contributed by atoms with Crippen LogP contribution in [0.4, 0.5) is 0 Å². The van der Waals surface area contributed by atoms with Crippen LogP contribution in [0.2, 0.25) is 0 Å². The van der Waals surface area contributed by atoms with Crippen LogP contribution >= 0.6 is 11.3 Å². The van der Waals surface area contributed by atoms with E-state index in [-0.39, 0.29) is 16.8 Å². The van der Waals surface area contributed by atoms with Crippen LogP contribution in [0.3, 0.4) is 0 Å². The summed E-state index contributed by atoms with van der Waals surface area (Å²) in [6.07, 6.45) is 2.48. The molecule has 0 saturated carbocycles. The smallest absolute Gasteiger partial charge is 0.309 e. The van der Waals surface area contributed by atoms with Gasteiger partial charge in [-0.05, 0) is 24.3 Å². The molecule has 1 heterocycles. The highest BCUT2D eigenvalue weighted by Crippen LogP contribution is 2.25. The molecule has 1 unspecified atom stereocenters. The second-order valence-electron chi connectivity index (χ2n) is 6.06. The van der Waals surface area contributed by atoms with Gasteiger partial charge in [0, 0.05) is 18.0 Å². The number of nitrogens with zero attached hydrogens (tertiary/aromatic N) is 1. The average Bonchev–Trinajstić information content (AvgIpc) is 2.95. The van der Waals surface area contributed by atoms with Crippen molar-refractivity contribution in [3.8, 4) is 11.6 Å². The fourth-order valence-corrected chi connectivity index (χ4v) is 3.45. The van der Waals surface area contributed by atoms with E-state index in [0.29, 0.717) is 13.2 Å². The number of nitrogens with two attached hydrogens (primary N) is 1. The summed E-state index contributed by atoms with van der Waals surface area (Å²) < 4.78 is 7.30. The molecule has 1 atom stereocenters. The second-order valence-corrected chi connectivity index (χ2v) is 6.88. The summed E-state index contributed by atoms with van der Waals surface area (Å²) >= 11 is 1.01. The molecular formula is C19H22N2O3S. The van der Waals surface area contributed by atoms with Gasteiger partial charge in [0.15, 0.2) is 0 Å². The van der Waals surface area contributed by atoms with E-state index in [4.69, 9.17) is 10.5 Å². The van der Waals surface area contributed by atoms with Crippen LogP contribution in [0.1, 0.15) is 19.3 Å². The number of rotatable bonds is 8. The van der Waals surface area contributed by atoms with Gasteiger partial charge in [-0.25, -0.2) is 0 Å². The first-order valence-corrected chi connectivity index (χ1v) is 9.26. The fourth-order valence-electron chi connectivity index (χ4n) is 2.81. The predicted octanol–water partition coefficient (Wildman–Crippen LogP) is 3.35. The minimum absolute atomic E-state index is 0.0404. The maximum absolute atomic E-state index is 11.5. The van der Waals surface area contributed by atoms with Crippen LogP contribution in [0.25, 0.3) is 10.8 Å². The van der Waals surface area contributed by atoms with Crippen molar-refractivity contribution in [2.75, 3.05) is 6.61 Å². The molecule has 5 nitrogen and oxygen atoms in total. The standard InChI is InChI=1S/C19H22N2O3S/c20-15(8-3-4-11-21-18(22)13-25-19(21)23)12-24-17-10-5-7-14-6-1-2-9-16(14)17/h1-2,5-7,9-10,13,15,22H,3-4,8,11-12,20H2. The van der Waals surface area contributed by atoms with Crippen molar-refractivity contribution in [1.29, 1.82) is 0 Å². The highest BCUT2D eigenvalue weighted by atomic mass is 32.1. The molecule has 25 heavy (non-hydrogen) atoms. The number of aromatic nitrogens is 1. The fraction of sp³-hybridized carbons (Fsp3) is 0.316. The lowest BCUT2D eigenvalue weighted by atomic mass is 10.1. The SMILES string of the molecule is NC(CCCCn1c(O)csc1=O)COc1cccc2ccccc12. The Balaban J connectivity index is 1.45. The van der Waals surface area contributed by atoms with E-state index in [1.54, 1.807) is 0 Å². The van der Waals surface area contributed by atoms with Gasteiger partial charge in [0.05, 0.1) is 5.38 Å². The van der Waals surface area contributed by atoms with E-state index in [1.807, 2.05) is 30.3 Å². The third-order valence-electron chi connectivity index (χ3n) is 4.17. The number of hydrogen-bond acceptors (Lipinski definition) is 5. The van der Waals surface area contributed by atoms with Crippen molar-refractivity contribution in [1.82, 2.24) is 4.57 Å². The van der Waals surface area contributed by atoms with Crippen LogP contribution in [-0.4, -0.2) is 22.3 Å². The summed E-state index contributed by atoms with van der Waals surface area (Å²) in [5.74, 6) is 0.891. The number of ether oxygens (including phenoxy) is 1. The number of hydrogen-bond donors (Lipinski definition) is 2. The molecule has 0 amide bonds. The van der Waals surface area contributed by atoms with Gasteiger partial charge in [-0.1, -0.05) is 54.2 Å². The summed E-state index contributed by atoms with van der Waals surface area (Å²) in [6, 6.07) is 14.0. The van der Waals surface area contributed by atoms with Gasteiger partial charge in [0.25, 0.3) is 0 Å². The molecule has 0 aliphatic carbocycles. The Morgan fingerprint density at radius 2 is 1.96 bits per heavy atom. The van der Waals surface area contributed by atoms with Gasteiger partial charge in [-0.15, -0.1) is 0 Å². The third kappa shape index (κ3) is 4.41. The lowest BCUT2D eigenvalue weighted by molar-refractivity contribution is 0.281. The molecule has 3 aromatic rings. The Labute approximate surface area is 150 Å². The molecule has 3 rings (SSSR count). The average molecular weight is 358 g/mol. The molecule has 0 spiro atoms. The van der Waals surface area contributed by atoms with E-state index in [2.05, 4.69) is 12.1 Å². The highest BCUT2D eigenvalue weighted by molar-refractivity contribution is 7.07. The number of benzene rings is 2. The third-order valence-corrected chi connectivity index (χ3v) is 4.92. The van der Waals surface area contributed by atoms with Crippen LogP contribution in [-0.2, 0) is 6.54 Å².